The van der Waals surface area contributed by atoms with Gasteiger partial charge in [0.2, 0.25) is 0 Å². The van der Waals surface area contributed by atoms with E-state index in [1.54, 1.807) is 61.5 Å². The van der Waals surface area contributed by atoms with Gasteiger partial charge in [-0.2, -0.15) is 5.26 Å². The zero-order chi connectivity index (χ0) is 45.1. The third-order valence-electron chi connectivity index (χ3n) is 9.82. The molecule has 0 fully saturated rings. The standard InChI is InChI=1S/C47H41N3O12/c1-26(22-27-8-14-33(51)15-9-27)38(52)23-28-4-10-30(11-5-28)40(54)25-32(20-21-48)39(53)24-29-6-12-31(13-7-29)45(57)49-36-18-16-34(41(55)43(36)61-2)46(58)50-37-19-17-35(47(59)60)42(56)44(37)62-3/h4-19,22,32,51,55-56H,20,23-25H2,1-3H3,(H,49,57)(H,50,58)(H,59,60)/b26-22+/t32-/m1/s1. The van der Waals surface area contributed by atoms with Gasteiger partial charge in [0.1, 0.15) is 17.1 Å². The summed E-state index contributed by atoms with van der Waals surface area (Å²) >= 11 is 0. The molecule has 6 N–H and O–H groups in total. The number of Topliss-reactive ketones (excluding diaryl/α,β-unsaturated/α-hetero) is 3. The van der Waals surface area contributed by atoms with Crippen LogP contribution in [-0.2, 0) is 22.4 Å². The highest BCUT2D eigenvalue weighted by atomic mass is 16.5. The summed E-state index contributed by atoms with van der Waals surface area (Å²) in [7, 11) is 2.37. The quantitative estimate of drug-likeness (QED) is 0.0379. The van der Waals surface area contributed by atoms with Gasteiger partial charge < -0.3 is 40.5 Å². The molecule has 0 saturated carbocycles. The molecule has 15 nitrogen and oxygen atoms in total. The van der Waals surface area contributed by atoms with E-state index >= 15 is 0 Å². The molecule has 0 spiro atoms. The van der Waals surface area contributed by atoms with Gasteiger partial charge in [0, 0.05) is 42.7 Å². The molecule has 62 heavy (non-hydrogen) atoms. The second-order valence-electron chi connectivity index (χ2n) is 14.0. The van der Waals surface area contributed by atoms with Crippen LogP contribution in [-0.4, -0.2) is 69.8 Å². The maximum atomic E-state index is 13.3. The number of hydrogen-bond donors (Lipinski definition) is 6. The number of benzene rings is 5. The summed E-state index contributed by atoms with van der Waals surface area (Å²) in [6.45, 7) is 1.70. The zero-order valence-corrected chi connectivity index (χ0v) is 33.7. The molecule has 0 bridgehead atoms. The number of phenols is 3. The molecular formula is C47H41N3O12. The number of aromatic hydroxyl groups is 3. The number of amides is 2. The smallest absolute Gasteiger partial charge is 0.339 e. The zero-order valence-electron chi connectivity index (χ0n) is 33.7. The minimum Gasteiger partial charge on any atom is -0.508 e. The Kier molecular flexibility index (Phi) is 14.6. The van der Waals surface area contributed by atoms with E-state index in [4.69, 9.17) is 9.47 Å². The van der Waals surface area contributed by atoms with Gasteiger partial charge in [0.15, 0.2) is 34.6 Å². The van der Waals surface area contributed by atoms with Crippen LogP contribution in [0.3, 0.4) is 0 Å². The Balaban J connectivity index is 1.18. The number of anilines is 2. The van der Waals surface area contributed by atoms with E-state index in [9.17, 15) is 54.5 Å². The van der Waals surface area contributed by atoms with Crippen molar-refractivity contribution in [1.29, 1.82) is 5.26 Å². The van der Waals surface area contributed by atoms with Gasteiger partial charge in [-0.1, -0.05) is 48.5 Å². The molecule has 0 saturated heterocycles. The number of ether oxygens (including phenoxy) is 2. The number of nitrogens with one attached hydrogen (secondary N) is 2. The average Bonchev–Trinajstić information content (AvgIpc) is 3.24. The largest absolute Gasteiger partial charge is 0.508 e. The van der Waals surface area contributed by atoms with Crippen LogP contribution in [0, 0.1) is 17.2 Å². The van der Waals surface area contributed by atoms with E-state index in [0.717, 1.165) is 18.7 Å². The number of hydrogen-bond acceptors (Lipinski definition) is 12. The number of carbonyl (C=O) groups excluding carboxylic acids is 5. The van der Waals surface area contributed by atoms with Crippen molar-refractivity contribution < 1.29 is 58.7 Å². The lowest BCUT2D eigenvalue weighted by molar-refractivity contribution is -0.122. The van der Waals surface area contributed by atoms with Crippen LogP contribution in [0.5, 0.6) is 28.7 Å². The second-order valence-corrected chi connectivity index (χ2v) is 14.0. The molecule has 5 aromatic carbocycles. The summed E-state index contributed by atoms with van der Waals surface area (Å²) in [6.07, 6.45) is 1.33. The number of ketones is 3. The van der Waals surface area contributed by atoms with Crippen LogP contribution >= 0.6 is 0 Å². The summed E-state index contributed by atoms with van der Waals surface area (Å²) < 4.78 is 10.4. The Morgan fingerprint density at radius 3 is 1.74 bits per heavy atom. The van der Waals surface area contributed by atoms with Gasteiger partial charge in [0.05, 0.1) is 37.2 Å². The predicted octanol–water partition coefficient (Wildman–Crippen LogP) is 7.15. The van der Waals surface area contributed by atoms with Gasteiger partial charge in [-0.05, 0) is 83.8 Å². The first-order valence-electron chi connectivity index (χ1n) is 18.9. The van der Waals surface area contributed by atoms with Crippen molar-refractivity contribution in [3.63, 3.8) is 0 Å². The number of aromatic carboxylic acids is 1. The van der Waals surface area contributed by atoms with Crippen molar-refractivity contribution in [3.05, 3.63) is 142 Å². The van der Waals surface area contributed by atoms with Crippen LogP contribution in [0.1, 0.15) is 77.9 Å². The van der Waals surface area contributed by atoms with E-state index in [-0.39, 0.29) is 82.8 Å². The lowest BCUT2D eigenvalue weighted by Crippen LogP contribution is -2.20. The van der Waals surface area contributed by atoms with Gasteiger partial charge in [-0.25, -0.2) is 4.79 Å². The summed E-state index contributed by atoms with van der Waals surface area (Å²) in [5, 5.41) is 54.4. The number of carbonyl (C=O) groups is 6. The number of allylic oxidation sites excluding steroid dienone is 1. The minimum atomic E-state index is -1.42. The van der Waals surface area contributed by atoms with Crippen molar-refractivity contribution in [2.45, 2.75) is 32.6 Å². The number of carboxylic acids is 1. The third-order valence-corrected chi connectivity index (χ3v) is 9.82. The van der Waals surface area contributed by atoms with Crippen molar-refractivity contribution in [3.8, 4) is 34.8 Å². The van der Waals surface area contributed by atoms with E-state index in [0.29, 0.717) is 22.3 Å². The maximum absolute atomic E-state index is 13.3. The molecule has 5 aromatic rings. The third kappa shape index (κ3) is 10.9. The molecule has 0 aromatic heterocycles. The fraction of sp³-hybridized carbons (Fsp3) is 0.170. The highest BCUT2D eigenvalue weighted by Gasteiger charge is 2.25. The Labute approximate surface area is 355 Å². The van der Waals surface area contributed by atoms with Gasteiger partial charge in [-0.3, -0.25) is 24.0 Å². The van der Waals surface area contributed by atoms with Crippen molar-refractivity contribution in [1.82, 2.24) is 0 Å². The predicted molar refractivity (Wildman–Crippen MR) is 227 cm³/mol. The molecule has 0 aliphatic carbocycles. The minimum absolute atomic E-state index is 0.00760. The Morgan fingerprint density at radius 2 is 1.19 bits per heavy atom. The molecule has 0 heterocycles. The lowest BCUT2D eigenvalue weighted by Gasteiger charge is -2.16. The number of methoxy groups -OCH3 is 2. The number of phenolic OH excluding ortho intramolecular Hbond substituents is 2. The average molecular weight is 840 g/mol. The van der Waals surface area contributed by atoms with Crippen LogP contribution in [0.2, 0.25) is 0 Å². The summed E-state index contributed by atoms with van der Waals surface area (Å²) in [4.78, 5) is 77.1. The highest BCUT2D eigenvalue weighted by Crippen LogP contribution is 2.40. The summed E-state index contributed by atoms with van der Waals surface area (Å²) in [5.74, 6) is -6.40. The normalized spacial score (nSPS) is 11.4. The van der Waals surface area contributed by atoms with Gasteiger partial charge in [-0.15, -0.1) is 0 Å². The number of nitrogens with zero attached hydrogens (tertiary/aromatic N) is 1. The molecule has 5 rings (SSSR count). The number of rotatable bonds is 18. The van der Waals surface area contributed by atoms with E-state index in [1.165, 1.54) is 49.6 Å². The Hall–Kier alpha value is -8.25. The number of nitriles is 1. The van der Waals surface area contributed by atoms with Crippen molar-refractivity contribution in [2.24, 2.45) is 5.92 Å². The maximum Gasteiger partial charge on any atom is 0.339 e. The monoisotopic (exact) mass is 839 g/mol. The fourth-order valence-electron chi connectivity index (χ4n) is 6.40. The molecular weight excluding hydrogens is 799 g/mol. The first kappa shape index (κ1) is 44.8. The van der Waals surface area contributed by atoms with E-state index < -0.39 is 40.8 Å². The SMILES string of the molecule is COc1c(NC(=O)c2ccc(NC(=O)c3ccc(CC(=O)[C@H](CC#N)CC(=O)c4ccc(CC(=O)/C(C)=C/c5ccc(O)cc5)cc4)cc3)c(OC)c2O)ccc(C(=O)O)c1O. The Bertz CT molecular complexity index is 2610. The Morgan fingerprint density at radius 1 is 0.677 bits per heavy atom. The molecule has 15 heteroatoms. The molecule has 1 atom stereocenters. The molecule has 0 radical (unpaired) electrons. The summed E-state index contributed by atoms with van der Waals surface area (Å²) in [5.41, 5.74) is 2.18. The number of carboxylic acid groups (broad SMARTS) is 1. The van der Waals surface area contributed by atoms with Crippen LogP contribution < -0.4 is 20.1 Å². The van der Waals surface area contributed by atoms with Crippen LogP contribution in [0.25, 0.3) is 6.08 Å². The summed E-state index contributed by atoms with van der Waals surface area (Å²) in [6, 6.07) is 25.8. The second kappa shape index (κ2) is 20.1. The van der Waals surface area contributed by atoms with Crippen LogP contribution in [0.15, 0.2) is 103 Å². The van der Waals surface area contributed by atoms with E-state index in [2.05, 4.69) is 10.6 Å². The first-order chi connectivity index (χ1) is 29.6. The topological polar surface area (TPSA) is 250 Å². The molecule has 316 valence electrons. The first-order valence-corrected chi connectivity index (χ1v) is 18.9. The van der Waals surface area contributed by atoms with Crippen LogP contribution in [0.4, 0.5) is 11.4 Å². The van der Waals surface area contributed by atoms with Gasteiger partial charge >= 0.3 is 5.97 Å². The van der Waals surface area contributed by atoms with Crippen molar-refractivity contribution in [2.75, 3.05) is 24.9 Å². The highest BCUT2D eigenvalue weighted by molar-refractivity contribution is 6.10. The fourth-order valence-corrected chi connectivity index (χ4v) is 6.40. The molecule has 2 amide bonds. The lowest BCUT2D eigenvalue weighted by atomic mass is 9.89. The van der Waals surface area contributed by atoms with Gasteiger partial charge in [0.25, 0.3) is 11.8 Å². The molecule has 0 aliphatic rings. The molecule has 0 unspecified atom stereocenters. The van der Waals surface area contributed by atoms with Crippen molar-refractivity contribution >= 4 is 52.6 Å². The van der Waals surface area contributed by atoms with E-state index in [1.807, 2.05) is 6.07 Å². The molecule has 0 aliphatic heterocycles.